The fourth-order valence-corrected chi connectivity index (χ4v) is 1.95. The molecule has 0 saturated carbocycles. The molecule has 102 valence electrons. The first-order valence-electron chi connectivity index (χ1n) is 5.75. The second kappa shape index (κ2) is 5.71. The molecule has 0 heterocycles. The zero-order valence-electron chi connectivity index (χ0n) is 11.1. The van der Waals surface area contributed by atoms with Crippen molar-refractivity contribution in [3.05, 3.63) is 34.9 Å². The van der Waals surface area contributed by atoms with Crippen molar-refractivity contribution in [2.24, 2.45) is 0 Å². The van der Waals surface area contributed by atoms with Crippen LogP contribution in [-0.4, -0.2) is 32.6 Å². The Morgan fingerprint density at radius 1 is 1.28 bits per heavy atom. The van der Waals surface area contributed by atoms with Crippen LogP contribution in [0.5, 0.6) is 0 Å². The number of likely N-dealkylation sites (N-methyl/N-ethyl adjacent to an activating group) is 2. The molecule has 1 aromatic rings. The predicted octanol–water partition coefficient (Wildman–Crippen LogP) is 2.84. The lowest BCUT2D eigenvalue weighted by Gasteiger charge is -2.23. The fraction of sp³-hybridized carbons (Fsp3) is 0.538. The van der Waals surface area contributed by atoms with Gasteiger partial charge in [0.05, 0.1) is 5.56 Å². The van der Waals surface area contributed by atoms with Gasteiger partial charge in [-0.15, -0.1) is 0 Å². The summed E-state index contributed by atoms with van der Waals surface area (Å²) in [6.45, 7) is 2.45. The molecule has 1 rings (SSSR count). The van der Waals surface area contributed by atoms with Crippen LogP contribution in [0.1, 0.15) is 22.7 Å². The number of aryl methyl sites for hydroxylation is 1. The van der Waals surface area contributed by atoms with Gasteiger partial charge in [-0.2, -0.15) is 13.2 Å². The van der Waals surface area contributed by atoms with Crippen molar-refractivity contribution in [3.63, 3.8) is 0 Å². The highest BCUT2D eigenvalue weighted by atomic mass is 19.4. The Morgan fingerprint density at radius 2 is 1.89 bits per heavy atom. The number of halogens is 3. The van der Waals surface area contributed by atoms with E-state index in [1.165, 1.54) is 6.07 Å². The summed E-state index contributed by atoms with van der Waals surface area (Å²) < 4.78 is 37.7. The van der Waals surface area contributed by atoms with Gasteiger partial charge in [-0.05, 0) is 51.3 Å². The molecule has 0 aromatic heterocycles. The first-order chi connectivity index (χ1) is 8.25. The molecule has 0 amide bonds. The van der Waals surface area contributed by atoms with Crippen molar-refractivity contribution in [1.29, 1.82) is 0 Å². The van der Waals surface area contributed by atoms with Crippen LogP contribution in [0.15, 0.2) is 18.2 Å². The Morgan fingerprint density at radius 3 is 2.28 bits per heavy atom. The fourth-order valence-electron chi connectivity index (χ4n) is 1.95. The molecule has 1 N–H and O–H groups in total. The highest BCUT2D eigenvalue weighted by Gasteiger charge is 2.31. The van der Waals surface area contributed by atoms with E-state index in [-0.39, 0.29) is 6.04 Å². The molecule has 1 aromatic carbocycles. The molecule has 1 atom stereocenters. The zero-order chi connectivity index (χ0) is 13.9. The third-order valence-corrected chi connectivity index (χ3v) is 2.87. The minimum Gasteiger partial charge on any atom is -0.312 e. The first-order valence-corrected chi connectivity index (χ1v) is 5.75. The number of nitrogens with one attached hydrogen (secondary N) is 1. The maximum absolute atomic E-state index is 12.6. The Labute approximate surface area is 106 Å². The lowest BCUT2D eigenvalue weighted by Crippen LogP contribution is -2.29. The second-order valence-electron chi connectivity index (χ2n) is 4.67. The quantitative estimate of drug-likeness (QED) is 0.895. The Balaban J connectivity index is 3.04. The van der Waals surface area contributed by atoms with Crippen LogP contribution in [-0.2, 0) is 6.18 Å². The van der Waals surface area contributed by atoms with Gasteiger partial charge in [-0.25, -0.2) is 0 Å². The lowest BCUT2D eigenvalue weighted by molar-refractivity contribution is -0.137. The smallest absolute Gasteiger partial charge is 0.312 e. The van der Waals surface area contributed by atoms with Gasteiger partial charge < -0.3 is 10.2 Å². The van der Waals surface area contributed by atoms with Crippen molar-refractivity contribution in [1.82, 2.24) is 10.2 Å². The van der Waals surface area contributed by atoms with Crippen LogP contribution in [0.2, 0.25) is 0 Å². The third-order valence-electron chi connectivity index (χ3n) is 2.87. The van der Waals surface area contributed by atoms with E-state index in [4.69, 9.17) is 0 Å². The monoisotopic (exact) mass is 260 g/mol. The average Bonchev–Trinajstić information content (AvgIpc) is 2.24. The molecule has 0 aliphatic carbocycles. The highest BCUT2D eigenvalue weighted by Crippen LogP contribution is 2.31. The van der Waals surface area contributed by atoms with Gasteiger partial charge in [0.25, 0.3) is 0 Å². The lowest BCUT2D eigenvalue weighted by atomic mass is 9.98. The Kier molecular flexibility index (Phi) is 4.76. The van der Waals surface area contributed by atoms with Gasteiger partial charge in [-0.3, -0.25) is 0 Å². The minimum atomic E-state index is -4.28. The van der Waals surface area contributed by atoms with Gasteiger partial charge >= 0.3 is 6.18 Å². The maximum Gasteiger partial charge on any atom is 0.416 e. The van der Waals surface area contributed by atoms with Crippen LogP contribution in [0, 0.1) is 6.92 Å². The molecular formula is C13H19F3N2. The van der Waals surface area contributed by atoms with Crippen LogP contribution in [0.4, 0.5) is 13.2 Å². The summed E-state index contributed by atoms with van der Waals surface area (Å²) in [5.41, 5.74) is 0.966. The van der Waals surface area contributed by atoms with E-state index in [1.807, 2.05) is 26.0 Å². The normalized spacial score (nSPS) is 14.0. The number of hydrogen-bond acceptors (Lipinski definition) is 2. The second-order valence-corrected chi connectivity index (χ2v) is 4.67. The highest BCUT2D eigenvalue weighted by molar-refractivity contribution is 5.34. The number of benzene rings is 1. The summed E-state index contributed by atoms with van der Waals surface area (Å²) in [6, 6.07) is 3.93. The van der Waals surface area contributed by atoms with E-state index in [9.17, 15) is 13.2 Å². The Bertz CT molecular complexity index is 400. The summed E-state index contributed by atoms with van der Waals surface area (Å²) in [7, 11) is 5.68. The van der Waals surface area contributed by atoms with E-state index in [0.29, 0.717) is 5.56 Å². The van der Waals surface area contributed by atoms with Gasteiger partial charge in [0.15, 0.2) is 0 Å². The van der Waals surface area contributed by atoms with E-state index in [1.54, 1.807) is 13.0 Å². The van der Waals surface area contributed by atoms with Crippen molar-refractivity contribution < 1.29 is 13.2 Å². The molecular weight excluding hydrogens is 241 g/mol. The summed E-state index contributed by atoms with van der Waals surface area (Å²) in [4.78, 5) is 2.00. The Hall–Kier alpha value is -1.07. The van der Waals surface area contributed by atoms with E-state index < -0.39 is 11.7 Å². The van der Waals surface area contributed by atoms with Crippen molar-refractivity contribution in [2.45, 2.75) is 19.1 Å². The van der Waals surface area contributed by atoms with Gasteiger partial charge in [-0.1, -0.05) is 6.07 Å². The summed E-state index contributed by atoms with van der Waals surface area (Å²) >= 11 is 0. The van der Waals surface area contributed by atoms with Crippen molar-refractivity contribution in [2.75, 3.05) is 27.7 Å². The van der Waals surface area contributed by atoms with Crippen molar-refractivity contribution >= 4 is 0 Å². The van der Waals surface area contributed by atoms with Gasteiger partial charge in [0, 0.05) is 12.6 Å². The molecule has 0 bridgehead atoms. The molecule has 5 heteroatoms. The number of nitrogens with zero attached hydrogens (tertiary/aromatic N) is 1. The number of alkyl halides is 3. The summed E-state index contributed by atoms with van der Waals surface area (Å²) in [6.07, 6.45) is -4.28. The van der Waals surface area contributed by atoms with E-state index in [0.717, 1.165) is 18.2 Å². The first kappa shape index (κ1) is 15.0. The molecule has 0 fully saturated rings. The molecule has 0 radical (unpaired) electrons. The SMILES string of the molecule is CNC(CN(C)C)c1ccc(C(F)(F)F)cc1C. The maximum atomic E-state index is 12.6. The molecule has 1 unspecified atom stereocenters. The topological polar surface area (TPSA) is 15.3 Å². The summed E-state index contributed by atoms with van der Waals surface area (Å²) in [5.74, 6) is 0. The molecule has 0 aliphatic heterocycles. The molecule has 2 nitrogen and oxygen atoms in total. The average molecular weight is 260 g/mol. The van der Waals surface area contributed by atoms with Crippen molar-refractivity contribution in [3.8, 4) is 0 Å². The van der Waals surface area contributed by atoms with E-state index in [2.05, 4.69) is 5.32 Å². The molecule has 0 saturated heterocycles. The predicted molar refractivity (Wildman–Crippen MR) is 66.5 cm³/mol. The largest absolute Gasteiger partial charge is 0.416 e. The van der Waals surface area contributed by atoms with Crippen LogP contribution < -0.4 is 5.32 Å². The van der Waals surface area contributed by atoms with Crippen LogP contribution in [0.3, 0.4) is 0 Å². The minimum absolute atomic E-state index is 0.0299. The van der Waals surface area contributed by atoms with Crippen LogP contribution in [0.25, 0.3) is 0 Å². The number of hydrogen-bond donors (Lipinski definition) is 1. The van der Waals surface area contributed by atoms with Gasteiger partial charge in [0.1, 0.15) is 0 Å². The standard InChI is InChI=1S/C13H19F3N2/c1-9-7-10(13(14,15)16)5-6-11(9)12(17-2)8-18(3)4/h5-7,12,17H,8H2,1-4H3. The van der Waals surface area contributed by atoms with Crippen LogP contribution >= 0.6 is 0 Å². The summed E-state index contributed by atoms with van der Waals surface area (Å²) in [5, 5.41) is 3.13. The molecule has 0 aliphatic rings. The number of rotatable bonds is 4. The molecule has 18 heavy (non-hydrogen) atoms. The van der Waals surface area contributed by atoms with Gasteiger partial charge in [0.2, 0.25) is 0 Å². The zero-order valence-corrected chi connectivity index (χ0v) is 11.1. The third kappa shape index (κ3) is 3.71. The van der Waals surface area contributed by atoms with E-state index >= 15 is 0 Å². The molecule has 0 spiro atoms.